The van der Waals surface area contributed by atoms with E-state index in [0.29, 0.717) is 12.1 Å². The topological polar surface area (TPSA) is 59.8 Å². The van der Waals surface area contributed by atoms with Crippen LogP contribution in [-0.4, -0.2) is 20.4 Å². The Hall–Kier alpha value is -2.99. The molecule has 0 atom stereocenters. The van der Waals surface area contributed by atoms with Crippen LogP contribution in [0.1, 0.15) is 21.7 Å². The van der Waals surface area contributed by atoms with Gasteiger partial charge in [0.2, 0.25) is 0 Å². The van der Waals surface area contributed by atoms with E-state index in [4.69, 9.17) is 0 Å². The molecule has 2 heterocycles. The van der Waals surface area contributed by atoms with E-state index in [0.717, 1.165) is 28.1 Å². The molecule has 0 spiro atoms. The first-order valence-electron chi connectivity index (χ1n) is 8.31. The molecule has 2 aromatic heterocycles. The van der Waals surface area contributed by atoms with Gasteiger partial charge in [0.1, 0.15) is 5.82 Å². The fourth-order valence-corrected chi connectivity index (χ4v) is 3.67. The van der Waals surface area contributed by atoms with Gasteiger partial charge in [-0.05, 0) is 30.7 Å². The van der Waals surface area contributed by atoms with Crippen LogP contribution in [0, 0.1) is 6.92 Å². The third kappa shape index (κ3) is 2.99. The largest absolute Gasteiger partial charge is 0.345 e. The first-order valence-corrected chi connectivity index (χ1v) is 9.25. The molecule has 6 heteroatoms. The fraction of sp³-hybridized carbons (Fsp3) is 0.150. The van der Waals surface area contributed by atoms with E-state index < -0.39 is 0 Å². The molecule has 0 bridgehead atoms. The molecule has 4 rings (SSSR count). The highest BCUT2D eigenvalue weighted by atomic mass is 32.1. The number of fused-ring (bicyclic) bond motifs is 1. The smallest absolute Gasteiger partial charge is 0.251 e. The molecule has 2 aromatic carbocycles. The van der Waals surface area contributed by atoms with E-state index in [1.165, 1.54) is 16.9 Å². The van der Waals surface area contributed by atoms with Crippen LogP contribution in [0.5, 0.6) is 0 Å². The molecule has 26 heavy (non-hydrogen) atoms. The molecular weight excluding hydrogens is 344 g/mol. The maximum absolute atomic E-state index is 12.6. The summed E-state index contributed by atoms with van der Waals surface area (Å²) in [5, 5.41) is 4.94. The molecule has 0 aliphatic rings. The number of carbonyl (C=O) groups excluding carboxylic acids is 1. The van der Waals surface area contributed by atoms with Crippen molar-refractivity contribution >= 4 is 28.3 Å². The summed E-state index contributed by atoms with van der Waals surface area (Å²) in [4.78, 5) is 21.5. The number of thiazole rings is 1. The third-order valence-electron chi connectivity index (χ3n) is 4.45. The minimum absolute atomic E-state index is 0.120. The lowest BCUT2D eigenvalue weighted by molar-refractivity contribution is 0.0949. The first kappa shape index (κ1) is 16.5. The summed E-state index contributed by atoms with van der Waals surface area (Å²) in [6.07, 6.45) is 0. The zero-order valence-electron chi connectivity index (χ0n) is 14.6. The predicted molar refractivity (Wildman–Crippen MR) is 104 cm³/mol. The van der Waals surface area contributed by atoms with Crippen LogP contribution >= 0.6 is 11.3 Å². The maximum Gasteiger partial charge on any atom is 0.251 e. The van der Waals surface area contributed by atoms with Crippen molar-refractivity contribution in [2.24, 2.45) is 7.05 Å². The van der Waals surface area contributed by atoms with Gasteiger partial charge in [0.15, 0.2) is 0 Å². The number of imidazole rings is 1. The molecule has 0 radical (unpaired) electrons. The van der Waals surface area contributed by atoms with Crippen LogP contribution in [-0.2, 0) is 13.6 Å². The average Bonchev–Trinajstić information content (AvgIpc) is 3.29. The van der Waals surface area contributed by atoms with Gasteiger partial charge in [-0.25, -0.2) is 9.97 Å². The van der Waals surface area contributed by atoms with Crippen LogP contribution in [0.15, 0.2) is 53.4 Å². The number of nitrogens with one attached hydrogen (secondary N) is 1. The Kier molecular flexibility index (Phi) is 4.26. The van der Waals surface area contributed by atoms with Gasteiger partial charge >= 0.3 is 0 Å². The van der Waals surface area contributed by atoms with Crippen LogP contribution in [0.4, 0.5) is 0 Å². The Morgan fingerprint density at radius 2 is 2.08 bits per heavy atom. The van der Waals surface area contributed by atoms with Crippen LogP contribution in [0.25, 0.3) is 22.3 Å². The highest BCUT2D eigenvalue weighted by molar-refractivity contribution is 7.07. The number of para-hydroxylation sites is 1. The number of aryl methyl sites for hydroxylation is 2. The van der Waals surface area contributed by atoms with Gasteiger partial charge in [-0.15, -0.1) is 11.3 Å². The van der Waals surface area contributed by atoms with Crippen LogP contribution in [0.2, 0.25) is 0 Å². The van der Waals surface area contributed by atoms with Crippen molar-refractivity contribution in [3.8, 4) is 11.3 Å². The van der Waals surface area contributed by atoms with Gasteiger partial charge in [0.05, 0.1) is 28.8 Å². The minimum atomic E-state index is -0.120. The van der Waals surface area contributed by atoms with Crippen molar-refractivity contribution in [1.29, 1.82) is 0 Å². The standard InChI is InChI=1S/C20H18N4OS/c1-13-5-3-8-16-19(13)24(2)18(23-16)10-21-20(25)15-7-4-6-14(9-15)17-11-26-12-22-17/h3-9,11-12H,10H2,1-2H3,(H,21,25). The molecule has 5 nitrogen and oxygen atoms in total. The summed E-state index contributed by atoms with van der Waals surface area (Å²) in [6, 6.07) is 13.6. The number of hydrogen-bond acceptors (Lipinski definition) is 4. The number of benzene rings is 2. The van der Waals surface area contributed by atoms with Crippen molar-refractivity contribution < 1.29 is 4.79 Å². The number of nitrogens with zero attached hydrogens (tertiary/aromatic N) is 3. The predicted octanol–water partition coefficient (Wildman–Crippen LogP) is 3.94. The first-order chi connectivity index (χ1) is 12.6. The lowest BCUT2D eigenvalue weighted by atomic mass is 10.1. The quantitative estimate of drug-likeness (QED) is 0.598. The minimum Gasteiger partial charge on any atom is -0.345 e. The zero-order valence-corrected chi connectivity index (χ0v) is 15.4. The lowest BCUT2D eigenvalue weighted by Gasteiger charge is -2.07. The second-order valence-corrected chi connectivity index (χ2v) is 6.89. The molecule has 0 unspecified atom stereocenters. The van der Waals surface area contributed by atoms with E-state index in [2.05, 4.69) is 28.3 Å². The van der Waals surface area contributed by atoms with Crippen molar-refractivity contribution in [3.05, 3.63) is 70.3 Å². The Balaban J connectivity index is 1.54. The number of aromatic nitrogens is 3. The van der Waals surface area contributed by atoms with Gasteiger partial charge in [-0.1, -0.05) is 24.3 Å². The highest BCUT2D eigenvalue weighted by Gasteiger charge is 2.12. The molecule has 130 valence electrons. The van der Waals surface area contributed by atoms with E-state index in [9.17, 15) is 4.79 Å². The van der Waals surface area contributed by atoms with Gasteiger partial charge in [0, 0.05) is 23.6 Å². The summed E-state index contributed by atoms with van der Waals surface area (Å²) in [5.41, 5.74) is 7.45. The van der Waals surface area contributed by atoms with E-state index >= 15 is 0 Å². The highest BCUT2D eigenvalue weighted by Crippen LogP contribution is 2.21. The van der Waals surface area contributed by atoms with E-state index in [1.54, 1.807) is 5.51 Å². The van der Waals surface area contributed by atoms with Gasteiger partial charge < -0.3 is 9.88 Å². The number of carbonyl (C=O) groups is 1. The Bertz CT molecular complexity index is 1080. The average molecular weight is 362 g/mol. The second-order valence-electron chi connectivity index (χ2n) is 6.17. The Morgan fingerprint density at radius 3 is 2.85 bits per heavy atom. The monoisotopic (exact) mass is 362 g/mol. The Morgan fingerprint density at radius 1 is 1.23 bits per heavy atom. The van der Waals surface area contributed by atoms with Crippen molar-refractivity contribution in [1.82, 2.24) is 19.9 Å². The SMILES string of the molecule is Cc1cccc2nc(CNC(=O)c3cccc(-c4cscn4)c3)n(C)c12. The molecule has 0 saturated carbocycles. The Labute approximate surface area is 155 Å². The maximum atomic E-state index is 12.6. The lowest BCUT2D eigenvalue weighted by Crippen LogP contribution is -2.24. The summed E-state index contributed by atoms with van der Waals surface area (Å²) < 4.78 is 2.04. The van der Waals surface area contributed by atoms with E-state index in [-0.39, 0.29) is 5.91 Å². The molecule has 4 aromatic rings. The molecule has 0 aliphatic heterocycles. The van der Waals surface area contributed by atoms with Gasteiger partial charge in [0.25, 0.3) is 5.91 Å². The summed E-state index contributed by atoms with van der Waals surface area (Å²) >= 11 is 1.54. The van der Waals surface area contributed by atoms with Crippen LogP contribution < -0.4 is 5.32 Å². The third-order valence-corrected chi connectivity index (χ3v) is 5.03. The normalized spacial score (nSPS) is 11.0. The van der Waals surface area contributed by atoms with Gasteiger partial charge in [-0.3, -0.25) is 4.79 Å². The molecule has 0 fully saturated rings. The summed E-state index contributed by atoms with van der Waals surface area (Å²) in [6.45, 7) is 2.45. The molecular formula is C20H18N4OS. The zero-order chi connectivity index (χ0) is 18.1. The molecule has 1 amide bonds. The van der Waals surface area contributed by atoms with Crippen molar-refractivity contribution in [2.75, 3.05) is 0 Å². The number of hydrogen-bond donors (Lipinski definition) is 1. The van der Waals surface area contributed by atoms with Crippen molar-refractivity contribution in [3.63, 3.8) is 0 Å². The second kappa shape index (κ2) is 6.72. The molecule has 0 aliphatic carbocycles. The van der Waals surface area contributed by atoms with Crippen molar-refractivity contribution in [2.45, 2.75) is 13.5 Å². The molecule has 1 N–H and O–H groups in total. The molecule has 0 saturated heterocycles. The number of amides is 1. The van der Waals surface area contributed by atoms with Gasteiger partial charge in [-0.2, -0.15) is 0 Å². The fourth-order valence-electron chi connectivity index (χ4n) is 3.11. The summed E-state index contributed by atoms with van der Waals surface area (Å²) in [5.74, 6) is 0.712. The number of rotatable bonds is 4. The van der Waals surface area contributed by atoms with Crippen LogP contribution in [0.3, 0.4) is 0 Å². The van der Waals surface area contributed by atoms with E-state index in [1.807, 2.05) is 53.4 Å². The summed E-state index contributed by atoms with van der Waals surface area (Å²) in [7, 11) is 1.98.